The van der Waals surface area contributed by atoms with Gasteiger partial charge in [-0.05, 0) is 26.0 Å². The molecule has 1 fully saturated rings. The van der Waals surface area contributed by atoms with Gasteiger partial charge in [-0.2, -0.15) is 0 Å². The van der Waals surface area contributed by atoms with Crippen LogP contribution in [-0.2, 0) is 9.59 Å². The highest BCUT2D eigenvalue weighted by Gasteiger charge is 2.37. The number of anilines is 1. The lowest BCUT2D eigenvalue weighted by Gasteiger charge is -2.13. The number of rotatable bonds is 5. The molecule has 0 aromatic heterocycles. The summed E-state index contributed by atoms with van der Waals surface area (Å²) in [5.74, 6) is -0.182. The molecule has 5 nitrogen and oxygen atoms in total. The first-order valence-electron chi connectivity index (χ1n) is 7.03. The zero-order valence-corrected chi connectivity index (χ0v) is 13.0. The van der Waals surface area contributed by atoms with Crippen molar-refractivity contribution in [3.8, 4) is 0 Å². The maximum Gasteiger partial charge on any atom is 0.242 e. The van der Waals surface area contributed by atoms with Gasteiger partial charge in [-0.25, -0.2) is 0 Å². The van der Waals surface area contributed by atoms with E-state index in [1.165, 1.54) is 11.8 Å². The molecule has 1 aromatic rings. The molecule has 2 rings (SSSR count). The van der Waals surface area contributed by atoms with Gasteiger partial charge in [0.15, 0.2) is 5.17 Å². The molecule has 2 amide bonds. The smallest absolute Gasteiger partial charge is 0.242 e. The van der Waals surface area contributed by atoms with E-state index in [2.05, 4.69) is 10.3 Å². The number of aliphatic imine (C=N–C) groups is 1. The average Bonchev–Trinajstić information content (AvgIpc) is 2.76. The highest BCUT2D eigenvalue weighted by molar-refractivity contribution is 8.15. The van der Waals surface area contributed by atoms with E-state index in [4.69, 9.17) is 0 Å². The van der Waals surface area contributed by atoms with Crippen molar-refractivity contribution < 1.29 is 9.59 Å². The summed E-state index contributed by atoms with van der Waals surface area (Å²) in [6.07, 6.45) is 0.164. The van der Waals surface area contributed by atoms with E-state index in [0.29, 0.717) is 13.1 Å². The lowest BCUT2D eigenvalue weighted by atomic mass is 10.2. The van der Waals surface area contributed by atoms with E-state index in [1.807, 2.05) is 44.2 Å². The number of nitrogens with one attached hydrogen (secondary N) is 1. The third-order valence-electron chi connectivity index (χ3n) is 3.06. The van der Waals surface area contributed by atoms with Gasteiger partial charge in [0.2, 0.25) is 11.8 Å². The summed E-state index contributed by atoms with van der Waals surface area (Å²) in [5, 5.41) is 3.15. The van der Waals surface area contributed by atoms with Crippen molar-refractivity contribution in [1.82, 2.24) is 4.90 Å². The van der Waals surface area contributed by atoms with Gasteiger partial charge in [0.1, 0.15) is 5.25 Å². The minimum Gasteiger partial charge on any atom is -0.326 e. The molecule has 0 aliphatic carbocycles. The Morgan fingerprint density at radius 3 is 2.67 bits per heavy atom. The molecule has 6 heteroatoms. The number of thioether (sulfide) groups is 1. The van der Waals surface area contributed by atoms with Gasteiger partial charge in [-0.1, -0.05) is 30.0 Å². The van der Waals surface area contributed by atoms with Gasteiger partial charge in [-0.15, -0.1) is 0 Å². The van der Waals surface area contributed by atoms with Gasteiger partial charge in [0.25, 0.3) is 0 Å². The van der Waals surface area contributed by atoms with Crippen LogP contribution in [0.5, 0.6) is 0 Å². The van der Waals surface area contributed by atoms with Crippen LogP contribution >= 0.6 is 11.8 Å². The predicted molar refractivity (Wildman–Crippen MR) is 86.4 cm³/mol. The Kier molecular flexibility index (Phi) is 5.38. The highest BCUT2D eigenvalue weighted by atomic mass is 32.2. The fourth-order valence-electron chi connectivity index (χ4n) is 2.09. The molecule has 0 saturated carbocycles. The molecular formula is C15H19N3O2S. The zero-order valence-electron chi connectivity index (χ0n) is 12.2. The molecule has 21 heavy (non-hydrogen) atoms. The van der Waals surface area contributed by atoms with Crippen LogP contribution in [0.1, 0.15) is 20.3 Å². The van der Waals surface area contributed by atoms with E-state index in [-0.39, 0.29) is 23.5 Å². The minimum atomic E-state index is -0.376. The normalized spacial score (nSPS) is 20.1. The van der Waals surface area contributed by atoms with Crippen LogP contribution in [0.25, 0.3) is 0 Å². The summed E-state index contributed by atoms with van der Waals surface area (Å²) in [6, 6.07) is 9.25. The lowest BCUT2D eigenvalue weighted by molar-refractivity contribution is -0.128. The number of carbonyl (C=O) groups is 2. The van der Waals surface area contributed by atoms with Crippen molar-refractivity contribution in [3.05, 3.63) is 30.3 Å². The first kappa shape index (κ1) is 15.6. The average molecular weight is 305 g/mol. The number of para-hydroxylation sites is 1. The Bertz CT molecular complexity index is 545. The van der Waals surface area contributed by atoms with Gasteiger partial charge in [0.05, 0.1) is 0 Å². The van der Waals surface area contributed by atoms with Crippen molar-refractivity contribution in [3.63, 3.8) is 0 Å². The van der Waals surface area contributed by atoms with Crippen LogP contribution in [0, 0.1) is 0 Å². The second kappa shape index (κ2) is 7.26. The van der Waals surface area contributed by atoms with Gasteiger partial charge in [0, 0.05) is 25.2 Å². The second-order valence-electron chi connectivity index (χ2n) is 4.56. The predicted octanol–water partition coefficient (Wildman–Crippen LogP) is 2.36. The second-order valence-corrected chi connectivity index (χ2v) is 5.73. The fourth-order valence-corrected chi connectivity index (χ4v) is 3.36. The molecule has 0 bridgehead atoms. The molecule has 1 aromatic carbocycles. The standard InChI is InChI=1S/C15H19N3O2S/c1-3-16-15-18(4-2)14(20)12(21-15)10-13(19)17-11-8-6-5-7-9-11/h5-9,12H,3-4,10H2,1-2H3,(H,17,19). The Morgan fingerprint density at radius 2 is 2.05 bits per heavy atom. The van der Waals surface area contributed by atoms with E-state index >= 15 is 0 Å². The first-order valence-corrected chi connectivity index (χ1v) is 7.91. The highest BCUT2D eigenvalue weighted by Crippen LogP contribution is 2.29. The van der Waals surface area contributed by atoms with Gasteiger partial charge < -0.3 is 5.32 Å². The minimum absolute atomic E-state index is 0.0297. The molecule has 1 aliphatic rings. The van der Waals surface area contributed by atoms with E-state index in [0.717, 1.165) is 10.9 Å². The van der Waals surface area contributed by atoms with Crippen LogP contribution in [0.4, 0.5) is 5.69 Å². The molecule has 1 atom stereocenters. The molecule has 1 N–H and O–H groups in total. The van der Waals surface area contributed by atoms with Crippen LogP contribution in [0.2, 0.25) is 0 Å². The number of nitrogens with zero attached hydrogens (tertiary/aromatic N) is 2. The Labute approximate surface area is 128 Å². The number of amidine groups is 1. The molecule has 1 unspecified atom stereocenters. The van der Waals surface area contributed by atoms with Crippen molar-refractivity contribution in [2.45, 2.75) is 25.5 Å². The molecular weight excluding hydrogens is 286 g/mol. The van der Waals surface area contributed by atoms with Crippen LogP contribution < -0.4 is 5.32 Å². The first-order chi connectivity index (χ1) is 10.2. The summed E-state index contributed by atoms with van der Waals surface area (Å²) < 4.78 is 0. The fraction of sp³-hybridized carbons (Fsp3) is 0.400. The third kappa shape index (κ3) is 3.85. The molecule has 1 heterocycles. The van der Waals surface area contributed by atoms with Crippen LogP contribution in [0.15, 0.2) is 35.3 Å². The molecule has 0 spiro atoms. The molecule has 0 radical (unpaired) electrons. The summed E-state index contributed by atoms with van der Waals surface area (Å²) in [4.78, 5) is 30.3. The van der Waals surface area contributed by atoms with E-state index in [9.17, 15) is 9.59 Å². The van der Waals surface area contributed by atoms with E-state index in [1.54, 1.807) is 4.90 Å². The Hall–Kier alpha value is -1.82. The number of benzene rings is 1. The molecule has 1 aliphatic heterocycles. The van der Waals surface area contributed by atoms with Crippen molar-refractivity contribution in [2.24, 2.45) is 4.99 Å². The lowest BCUT2D eigenvalue weighted by Crippen LogP contribution is -2.33. The summed E-state index contributed by atoms with van der Waals surface area (Å²) in [5.41, 5.74) is 0.743. The van der Waals surface area contributed by atoms with Crippen molar-refractivity contribution in [1.29, 1.82) is 0 Å². The monoisotopic (exact) mass is 305 g/mol. The van der Waals surface area contributed by atoms with Crippen LogP contribution in [-0.4, -0.2) is 40.2 Å². The van der Waals surface area contributed by atoms with Crippen LogP contribution in [0.3, 0.4) is 0 Å². The number of amides is 2. The summed E-state index contributed by atoms with van der Waals surface area (Å²) in [6.45, 7) is 5.06. The largest absolute Gasteiger partial charge is 0.326 e. The zero-order chi connectivity index (χ0) is 15.2. The van der Waals surface area contributed by atoms with E-state index < -0.39 is 0 Å². The SMILES string of the molecule is CCN=C1SC(CC(=O)Nc2ccccc2)C(=O)N1CC. The molecule has 112 valence electrons. The maximum absolute atomic E-state index is 12.3. The summed E-state index contributed by atoms with van der Waals surface area (Å²) in [7, 11) is 0. The topological polar surface area (TPSA) is 61.8 Å². The number of hydrogen-bond acceptors (Lipinski definition) is 4. The molecule has 1 saturated heterocycles. The number of carbonyl (C=O) groups excluding carboxylic acids is 2. The van der Waals surface area contributed by atoms with Crippen molar-refractivity contribution in [2.75, 3.05) is 18.4 Å². The Balaban J connectivity index is 1.98. The third-order valence-corrected chi connectivity index (χ3v) is 4.27. The van der Waals surface area contributed by atoms with Crippen molar-refractivity contribution >= 4 is 34.4 Å². The van der Waals surface area contributed by atoms with Gasteiger partial charge >= 0.3 is 0 Å². The Morgan fingerprint density at radius 1 is 1.33 bits per heavy atom. The number of hydrogen-bond donors (Lipinski definition) is 1. The maximum atomic E-state index is 12.3. The van der Waals surface area contributed by atoms with Gasteiger partial charge in [-0.3, -0.25) is 19.5 Å². The quantitative estimate of drug-likeness (QED) is 0.908. The summed E-state index contributed by atoms with van der Waals surface area (Å²) >= 11 is 1.38.